The normalized spacial score (nSPS) is 8.00. The van der Waals surface area contributed by atoms with Crippen molar-refractivity contribution in [3.8, 4) is 0 Å². The van der Waals surface area contributed by atoms with Crippen LogP contribution in [-0.4, -0.2) is 97.5 Å². The molecule has 5 N–H and O–H groups in total. The molecule has 0 aliphatic carbocycles. The summed E-state index contributed by atoms with van der Waals surface area (Å²) in [5, 5.41) is 38.7. The summed E-state index contributed by atoms with van der Waals surface area (Å²) >= 11 is 0. The molecule has 0 spiro atoms. The van der Waals surface area contributed by atoms with E-state index in [1.165, 1.54) is 24.3 Å². The first kappa shape index (κ1) is 24.8. The van der Waals surface area contributed by atoms with Crippen LogP contribution in [0.1, 0.15) is 20.7 Å². The van der Waals surface area contributed by atoms with Crippen molar-refractivity contribution in [3.05, 3.63) is 35.4 Å². The van der Waals surface area contributed by atoms with Gasteiger partial charge in [0.2, 0.25) is 0 Å². The van der Waals surface area contributed by atoms with Gasteiger partial charge in [-0.05, 0) is 12.1 Å². The molecule has 0 atom stereocenters. The van der Waals surface area contributed by atoms with E-state index in [1.807, 2.05) is 0 Å². The van der Waals surface area contributed by atoms with Crippen LogP contribution in [0.4, 0.5) is 0 Å². The van der Waals surface area contributed by atoms with Gasteiger partial charge in [-0.3, -0.25) is 10.1 Å². The summed E-state index contributed by atoms with van der Waals surface area (Å²) in [6, 6.07) is 5.44. The number of benzene rings is 1. The molecule has 0 heterocycles. The molecule has 0 unspecified atom stereocenters. The van der Waals surface area contributed by atoms with Crippen molar-refractivity contribution in [2.45, 2.75) is 0 Å². The van der Waals surface area contributed by atoms with Crippen molar-refractivity contribution in [1.82, 2.24) is 0 Å². The number of hydrogen-bond acceptors (Lipinski definition) is 8. The van der Waals surface area contributed by atoms with E-state index in [4.69, 9.17) is 25.7 Å². The Bertz CT molecular complexity index is 417. The van der Waals surface area contributed by atoms with Crippen LogP contribution in [0.5, 0.6) is 0 Å². The predicted molar refractivity (Wildman–Crippen MR) is 71.0 cm³/mol. The molecule has 0 saturated carbocycles. The summed E-state index contributed by atoms with van der Waals surface area (Å²) in [6.07, 6.45) is 0. The molecular weight excluding hydrogens is 298 g/mol. The Labute approximate surface area is 151 Å². The zero-order valence-electron chi connectivity index (χ0n) is 8.76. The van der Waals surface area contributed by atoms with Crippen molar-refractivity contribution in [3.63, 3.8) is 0 Å². The van der Waals surface area contributed by atoms with Gasteiger partial charge in [-0.15, -0.1) is 0 Å². The number of rotatable bonds is 3. The van der Waals surface area contributed by atoms with Gasteiger partial charge in [0.1, 0.15) is 0 Å². The molecular formula is C8H12BMgNaO9. The molecule has 0 fully saturated rings. The van der Waals surface area contributed by atoms with Gasteiger partial charge in [0.05, 0.1) is 11.1 Å². The summed E-state index contributed by atoms with van der Waals surface area (Å²) in [6.45, 7) is 0. The van der Waals surface area contributed by atoms with Crippen molar-refractivity contribution >= 4 is 71.9 Å². The fraction of sp³-hybridized carbons (Fsp3) is 0. The molecule has 0 aliphatic rings. The van der Waals surface area contributed by atoms with Gasteiger partial charge in [-0.2, -0.15) is 5.26 Å². The van der Waals surface area contributed by atoms with E-state index in [1.54, 1.807) is 0 Å². The zero-order chi connectivity index (χ0) is 14.1. The molecule has 104 valence electrons. The van der Waals surface area contributed by atoms with Crippen molar-refractivity contribution < 1.29 is 45.0 Å². The van der Waals surface area contributed by atoms with Gasteiger partial charge in [-0.1, -0.05) is 12.1 Å². The van der Waals surface area contributed by atoms with Crippen LogP contribution < -0.4 is 0 Å². The summed E-state index contributed by atoms with van der Waals surface area (Å²) < 4.78 is 0. The molecule has 0 amide bonds. The summed E-state index contributed by atoms with van der Waals surface area (Å²) in [5.74, 6) is -2.33. The number of carboxylic acid groups (broad SMARTS) is 1. The van der Waals surface area contributed by atoms with Gasteiger partial charge in [0.15, 0.2) is 0 Å². The Hall–Kier alpha value is -0.209. The summed E-state index contributed by atoms with van der Waals surface area (Å²) in [4.78, 5) is 27.6. The third-order valence-corrected chi connectivity index (χ3v) is 1.55. The second-order valence-electron chi connectivity index (χ2n) is 2.66. The Balaban J connectivity index is -0.000000361. The molecule has 1 rings (SSSR count). The van der Waals surface area contributed by atoms with Gasteiger partial charge in [-0.25, -0.2) is 14.4 Å². The van der Waals surface area contributed by atoms with Gasteiger partial charge >= 0.3 is 71.9 Å². The van der Waals surface area contributed by atoms with E-state index in [-0.39, 0.29) is 63.7 Å². The topological polar surface area (TPSA) is 154 Å². The minimum atomic E-state index is -2.06. The minimum absolute atomic E-state index is 0. The Kier molecular flexibility index (Phi) is 17.1. The molecule has 0 bridgehead atoms. The fourth-order valence-corrected chi connectivity index (χ4v) is 0.897. The van der Waals surface area contributed by atoms with E-state index >= 15 is 0 Å². The third kappa shape index (κ3) is 9.66. The monoisotopic (exact) mass is 310 g/mol. The Morgan fingerprint density at radius 1 is 1.05 bits per heavy atom. The first-order valence-electron chi connectivity index (χ1n) is 4.28. The maximum absolute atomic E-state index is 10.8. The van der Waals surface area contributed by atoms with Crippen LogP contribution in [0.25, 0.3) is 0 Å². The summed E-state index contributed by atoms with van der Waals surface area (Å²) in [5.41, 5.74) is -0.390. The van der Waals surface area contributed by atoms with Gasteiger partial charge in [0.25, 0.3) is 0 Å². The van der Waals surface area contributed by atoms with Crippen LogP contribution in [0.2, 0.25) is 0 Å². The fourth-order valence-electron chi connectivity index (χ4n) is 0.897. The molecule has 0 aromatic heterocycles. The van der Waals surface area contributed by atoms with Crippen LogP contribution in [0.3, 0.4) is 0 Å². The third-order valence-electron chi connectivity index (χ3n) is 1.55. The molecule has 12 heteroatoms. The standard InChI is InChI=1S/C8H6O5.BH3O4.Mg.Na.3H/c9-7(10)5-3-1-2-4-6(5)8(11)13-12;2-1(3)5-4;;;;;/h1-4,12H,(H,9,10);2-4H;;;;;. The van der Waals surface area contributed by atoms with Crippen LogP contribution in [-0.2, 0) is 9.69 Å². The molecule has 1 aromatic rings. The van der Waals surface area contributed by atoms with Crippen molar-refractivity contribution in [1.29, 1.82) is 0 Å². The van der Waals surface area contributed by atoms with Crippen molar-refractivity contribution in [2.24, 2.45) is 0 Å². The van der Waals surface area contributed by atoms with E-state index in [0.29, 0.717) is 0 Å². The molecule has 0 saturated heterocycles. The number of aromatic carboxylic acids is 1. The van der Waals surface area contributed by atoms with E-state index in [9.17, 15) is 9.59 Å². The number of hydrogen-bond donors (Lipinski definition) is 5. The first-order valence-corrected chi connectivity index (χ1v) is 4.28. The van der Waals surface area contributed by atoms with Crippen LogP contribution in [0.15, 0.2) is 24.3 Å². The predicted octanol–water partition coefficient (Wildman–Crippen LogP) is -2.10. The SMILES string of the molecule is O=C(O)c1ccccc1C(=O)OO.OOB(O)O.[MgH2].[NaH]. The van der Waals surface area contributed by atoms with Crippen molar-refractivity contribution in [2.75, 3.05) is 0 Å². The average Bonchev–Trinajstić information content (AvgIpc) is 2.38. The molecule has 20 heavy (non-hydrogen) atoms. The maximum atomic E-state index is 10.8. The number of carboxylic acids is 1. The average molecular weight is 310 g/mol. The Morgan fingerprint density at radius 2 is 1.45 bits per heavy atom. The van der Waals surface area contributed by atoms with Crippen LogP contribution >= 0.6 is 0 Å². The second kappa shape index (κ2) is 13.8. The molecule has 9 nitrogen and oxygen atoms in total. The quantitative estimate of drug-likeness (QED) is 0.240. The van der Waals surface area contributed by atoms with Gasteiger partial charge in [0, 0.05) is 0 Å². The molecule has 1 aromatic carbocycles. The number of carbonyl (C=O) groups is 2. The molecule has 0 radical (unpaired) electrons. The number of carbonyl (C=O) groups excluding carboxylic acids is 1. The zero-order valence-corrected chi connectivity index (χ0v) is 8.76. The van der Waals surface area contributed by atoms with E-state index in [2.05, 4.69) is 9.69 Å². The first-order chi connectivity index (χ1) is 8.43. The second-order valence-corrected chi connectivity index (χ2v) is 2.66. The van der Waals surface area contributed by atoms with E-state index < -0.39 is 19.3 Å². The van der Waals surface area contributed by atoms with Crippen LogP contribution in [0, 0.1) is 0 Å². The van der Waals surface area contributed by atoms with E-state index in [0.717, 1.165) is 0 Å². The summed E-state index contributed by atoms with van der Waals surface area (Å²) in [7, 11) is -2.06. The molecule has 0 aliphatic heterocycles. The Morgan fingerprint density at radius 3 is 1.75 bits per heavy atom. The van der Waals surface area contributed by atoms with Gasteiger partial charge < -0.3 is 15.2 Å².